The number of benzene rings is 1. The molecule has 6 nitrogen and oxygen atoms in total. The first-order valence-corrected chi connectivity index (χ1v) is 7.00. The van der Waals surface area contributed by atoms with Gasteiger partial charge in [-0.25, -0.2) is 9.59 Å². The molecule has 0 aliphatic carbocycles. The Morgan fingerprint density at radius 3 is 2.55 bits per heavy atom. The van der Waals surface area contributed by atoms with E-state index in [2.05, 4.69) is 5.32 Å². The van der Waals surface area contributed by atoms with Gasteiger partial charge in [0.15, 0.2) is 0 Å². The number of carbonyl (C=O) groups is 2. The molecular formula is C16H19NO5. The summed E-state index contributed by atoms with van der Waals surface area (Å²) in [5.74, 6) is -0.682. The van der Waals surface area contributed by atoms with Gasteiger partial charge in [-0.2, -0.15) is 0 Å². The second-order valence-corrected chi connectivity index (χ2v) is 5.65. The average Bonchev–Trinajstić information content (AvgIpc) is 2.76. The van der Waals surface area contributed by atoms with Gasteiger partial charge in [0.2, 0.25) is 5.76 Å². The third-order valence-electron chi connectivity index (χ3n) is 2.68. The van der Waals surface area contributed by atoms with Gasteiger partial charge in [-0.3, -0.25) is 5.32 Å². The average molecular weight is 305 g/mol. The number of anilines is 1. The molecule has 1 aromatic heterocycles. The van der Waals surface area contributed by atoms with Crippen LogP contribution in [0.2, 0.25) is 0 Å². The fourth-order valence-corrected chi connectivity index (χ4v) is 1.92. The van der Waals surface area contributed by atoms with Gasteiger partial charge < -0.3 is 13.9 Å². The molecule has 6 heteroatoms. The number of nitrogens with one attached hydrogen (secondary N) is 1. The molecule has 118 valence electrons. The van der Waals surface area contributed by atoms with E-state index in [0.29, 0.717) is 11.0 Å². The largest absolute Gasteiger partial charge is 0.460 e. The molecule has 0 saturated heterocycles. The van der Waals surface area contributed by atoms with Crippen molar-refractivity contribution in [1.29, 1.82) is 0 Å². The number of hydrogen-bond donors (Lipinski definition) is 1. The summed E-state index contributed by atoms with van der Waals surface area (Å²) in [7, 11) is 0. The minimum Gasteiger partial charge on any atom is -0.460 e. The summed E-state index contributed by atoms with van der Waals surface area (Å²) >= 11 is 0. The zero-order valence-electron chi connectivity index (χ0n) is 13.1. The summed E-state index contributed by atoms with van der Waals surface area (Å²) in [6.07, 6.45) is -0.662. The van der Waals surface area contributed by atoms with Gasteiger partial charge in [-0.15, -0.1) is 0 Å². The maximum absolute atomic E-state index is 12.0. The van der Waals surface area contributed by atoms with Crippen molar-refractivity contribution in [2.24, 2.45) is 0 Å². The fraction of sp³-hybridized carbons (Fsp3) is 0.375. The standard InChI is InChI=1S/C16H19NO5/c1-5-20-14(18)13-12(17-15(19)22-16(2,3)4)10-8-6-7-9-11(10)21-13/h6-9H,5H2,1-4H3,(H,17,19). The zero-order chi connectivity index (χ0) is 16.3. The molecule has 0 atom stereocenters. The molecule has 0 aliphatic heterocycles. The van der Waals surface area contributed by atoms with E-state index < -0.39 is 17.7 Å². The highest BCUT2D eigenvalue weighted by molar-refractivity contribution is 6.08. The first kappa shape index (κ1) is 15.9. The highest BCUT2D eigenvalue weighted by Crippen LogP contribution is 2.31. The number of hydrogen-bond acceptors (Lipinski definition) is 5. The maximum Gasteiger partial charge on any atom is 0.412 e. The quantitative estimate of drug-likeness (QED) is 0.868. The molecule has 22 heavy (non-hydrogen) atoms. The van der Waals surface area contributed by atoms with E-state index in [4.69, 9.17) is 13.9 Å². The van der Waals surface area contributed by atoms with E-state index in [1.165, 1.54) is 0 Å². The number of furan rings is 1. The van der Waals surface area contributed by atoms with Crippen molar-refractivity contribution in [3.05, 3.63) is 30.0 Å². The Bertz CT molecular complexity index is 696. The SMILES string of the molecule is CCOC(=O)c1oc2ccccc2c1NC(=O)OC(C)(C)C. The predicted molar refractivity (Wildman–Crippen MR) is 82.0 cm³/mol. The smallest absolute Gasteiger partial charge is 0.412 e. The Kier molecular flexibility index (Phi) is 4.40. The van der Waals surface area contributed by atoms with Crippen LogP contribution in [0.3, 0.4) is 0 Å². The zero-order valence-corrected chi connectivity index (χ0v) is 13.1. The van der Waals surface area contributed by atoms with Crippen LogP contribution in [-0.4, -0.2) is 24.3 Å². The third kappa shape index (κ3) is 3.58. The summed E-state index contributed by atoms with van der Waals surface area (Å²) in [5, 5.41) is 3.18. The van der Waals surface area contributed by atoms with E-state index >= 15 is 0 Å². The number of para-hydroxylation sites is 1. The lowest BCUT2D eigenvalue weighted by molar-refractivity contribution is 0.0494. The van der Waals surface area contributed by atoms with Crippen LogP contribution in [-0.2, 0) is 9.47 Å². The Balaban J connectivity index is 2.39. The van der Waals surface area contributed by atoms with Crippen LogP contribution in [0.5, 0.6) is 0 Å². The van der Waals surface area contributed by atoms with Crippen molar-refractivity contribution in [2.75, 3.05) is 11.9 Å². The van der Waals surface area contributed by atoms with Crippen molar-refractivity contribution in [3.63, 3.8) is 0 Å². The van der Waals surface area contributed by atoms with Crippen molar-refractivity contribution in [3.8, 4) is 0 Å². The molecule has 0 aliphatic rings. The third-order valence-corrected chi connectivity index (χ3v) is 2.68. The van der Waals surface area contributed by atoms with Crippen molar-refractivity contribution >= 4 is 28.7 Å². The van der Waals surface area contributed by atoms with Crippen LogP contribution in [0, 0.1) is 0 Å². The molecule has 0 saturated carbocycles. The van der Waals surface area contributed by atoms with Crippen LogP contribution < -0.4 is 5.32 Å². The summed E-state index contributed by atoms with van der Waals surface area (Å²) in [6, 6.07) is 7.01. The van der Waals surface area contributed by atoms with Crippen LogP contribution >= 0.6 is 0 Å². The van der Waals surface area contributed by atoms with Crippen LogP contribution in [0.25, 0.3) is 11.0 Å². The molecule has 1 heterocycles. The maximum atomic E-state index is 12.0. The summed E-state index contributed by atoms with van der Waals surface area (Å²) in [5.41, 5.74) is 0.0909. The molecule has 0 fully saturated rings. The molecule has 2 aromatic rings. The van der Waals surface area contributed by atoms with Gasteiger partial charge in [0.25, 0.3) is 0 Å². The minimum atomic E-state index is -0.662. The Morgan fingerprint density at radius 2 is 1.91 bits per heavy atom. The summed E-state index contributed by atoms with van der Waals surface area (Å²) in [6.45, 7) is 7.17. The Morgan fingerprint density at radius 1 is 1.23 bits per heavy atom. The molecule has 0 spiro atoms. The van der Waals surface area contributed by atoms with Gasteiger partial charge in [0, 0.05) is 5.39 Å². The van der Waals surface area contributed by atoms with E-state index in [9.17, 15) is 9.59 Å². The molecule has 1 N–H and O–H groups in total. The number of amides is 1. The van der Waals surface area contributed by atoms with Crippen molar-refractivity contribution < 1.29 is 23.5 Å². The second kappa shape index (κ2) is 6.09. The normalized spacial score (nSPS) is 11.3. The van der Waals surface area contributed by atoms with Crippen molar-refractivity contribution in [1.82, 2.24) is 0 Å². The molecule has 1 aromatic carbocycles. The first-order chi connectivity index (χ1) is 10.3. The van der Waals surface area contributed by atoms with Gasteiger partial charge >= 0.3 is 12.1 Å². The van der Waals surface area contributed by atoms with Crippen LogP contribution in [0.1, 0.15) is 38.2 Å². The number of fused-ring (bicyclic) bond motifs is 1. The Hall–Kier alpha value is -2.50. The van der Waals surface area contributed by atoms with E-state index in [1.54, 1.807) is 52.0 Å². The molecule has 1 amide bonds. The number of ether oxygens (including phenoxy) is 2. The number of rotatable bonds is 3. The predicted octanol–water partition coefficient (Wildman–Crippen LogP) is 3.96. The highest BCUT2D eigenvalue weighted by Gasteiger charge is 2.25. The summed E-state index contributed by atoms with van der Waals surface area (Å²) < 4.78 is 15.7. The van der Waals surface area contributed by atoms with Gasteiger partial charge in [0.05, 0.1) is 6.61 Å². The lowest BCUT2D eigenvalue weighted by Gasteiger charge is -2.19. The van der Waals surface area contributed by atoms with Gasteiger partial charge in [0.1, 0.15) is 16.9 Å². The second-order valence-electron chi connectivity index (χ2n) is 5.65. The lowest BCUT2D eigenvalue weighted by atomic mass is 10.2. The first-order valence-electron chi connectivity index (χ1n) is 7.00. The monoisotopic (exact) mass is 305 g/mol. The molecule has 0 radical (unpaired) electrons. The van der Waals surface area contributed by atoms with E-state index in [-0.39, 0.29) is 18.1 Å². The number of carbonyl (C=O) groups excluding carboxylic acids is 2. The van der Waals surface area contributed by atoms with Crippen molar-refractivity contribution in [2.45, 2.75) is 33.3 Å². The number of esters is 1. The topological polar surface area (TPSA) is 77.8 Å². The minimum absolute atomic E-state index is 0.0473. The van der Waals surface area contributed by atoms with Crippen LogP contribution in [0.15, 0.2) is 28.7 Å². The van der Waals surface area contributed by atoms with Gasteiger partial charge in [-0.1, -0.05) is 12.1 Å². The molecule has 0 bridgehead atoms. The Labute approximate surface area is 128 Å². The van der Waals surface area contributed by atoms with E-state index in [0.717, 1.165) is 0 Å². The highest BCUT2D eigenvalue weighted by atomic mass is 16.6. The summed E-state index contributed by atoms with van der Waals surface area (Å²) in [4.78, 5) is 24.0. The molecule has 2 rings (SSSR count). The van der Waals surface area contributed by atoms with Gasteiger partial charge in [-0.05, 0) is 39.8 Å². The lowest BCUT2D eigenvalue weighted by Crippen LogP contribution is -2.27. The van der Waals surface area contributed by atoms with Crippen LogP contribution in [0.4, 0.5) is 10.5 Å². The van der Waals surface area contributed by atoms with E-state index in [1.807, 2.05) is 0 Å². The molecular weight excluding hydrogens is 286 g/mol. The fourth-order valence-electron chi connectivity index (χ4n) is 1.92. The molecule has 0 unspecified atom stereocenters.